The van der Waals surface area contributed by atoms with E-state index in [0.717, 1.165) is 17.9 Å². The molecule has 1 saturated heterocycles. The van der Waals surface area contributed by atoms with E-state index in [1.54, 1.807) is 10.6 Å². The van der Waals surface area contributed by atoms with Gasteiger partial charge in [-0.3, -0.25) is 18.9 Å². The standard InChI is InChI=1S/C24H26N4O3/c1-3-31-24(30)18-13-17-15-27(14-16-9-5-4-6-10-16)22-20(21(17)26(18)2)23(29)28-12-8-7-11-19(28)25-22/h4-12,17-18,21H,3,13-15H2,1-2H3/t17-,18+,21-/m0/s1. The number of ether oxygens (including phenoxy) is 1. The van der Waals surface area contributed by atoms with Crippen molar-refractivity contribution >= 4 is 17.4 Å². The summed E-state index contributed by atoms with van der Waals surface area (Å²) in [5.74, 6) is 0.647. The minimum Gasteiger partial charge on any atom is -0.465 e. The molecule has 7 heteroatoms. The molecule has 3 atom stereocenters. The van der Waals surface area contributed by atoms with Crippen LogP contribution in [0.4, 0.5) is 5.82 Å². The Morgan fingerprint density at radius 1 is 1.16 bits per heavy atom. The van der Waals surface area contributed by atoms with Crippen LogP contribution in [0, 0.1) is 5.92 Å². The van der Waals surface area contributed by atoms with Crippen molar-refractivity contribution < 1.29 is 9.53 Å². The number of carbonyl (C=O) groups excluding carboxylic acids is 1. The van der Waals surface area contributed by atoms with Crippen LogP contribution in [-0.4, -0.2) is 46.5 Å². The number of likely N-dealkylation sites (tertiary alicyclic amines) is 1. The first kappa shape index (κ1) is 19.8. The monoisotopic (exact) mass is 418 g/mol. The lowest BCUT2D eigenvalue weighted by molar-refractivity contribution is -0.148. The Hall–Kier alpha value is -3.19. The number of carbonyl (C=O) groups is 1. The molecule has 0 unspecified atom stereocenters. The molecule has 3 aromatic rings. The van der Waals surface area contributed by atoms with Crippen LogP contribution in [0.1, 0.15) is 30.5 Å². The average Bonchev–Trinajstić information content (AvgIpc) is 3.11. The van der Waals surface area contributed by atoms with Crippen molar-refractivity contribution in [3.05, 3.63) is 76.2 Å². The first-order chi connectivity index (χ1) is 15.1. The van der Waals surface area contributed by atoms with Crippen LogP contribution in [0.2, 0.25) is 0 Å². The SMILES string of the molecule is CCOC(=O)[C@H]1C[C@H]2CN(Cc3ccccc3)c3nc4ccccn4c(=O)c3[C@H]2N1C. The predicted octanol–water partition coefficient (Wildman–Crippen LogP) is 2.64. The molecule has 0 bridgehead atoms. The Kier molecular flexibility index (Phi) is 4.98. The van der Waals surface area contributed by atoms with Gasteiger partial charge in [0.1, 0.15) is 17.5 Å². The third kappa shape index (κ3) is 3.29. The van der Waals surface area contributed by atoms with Crippen molar-refractivity contribution in [2.75, 3.05) is 25.1 Å². The smallest absolute Gasteiger partial charge is 0.323 e. The van der Waals surface area contributed by atoms with E-state index in [0.29, 0.717) is 30.8 Å². The third-order valence-electron chi connectivity index (χ3n) is 6.48. The van der Waals surface area contributed by atoms with Crippen molar-refractivity contribution in [1.82, 2.24) is 14.3 Å². The molecule has 1 aromatic carbocycles. The molecule has 160 valence electrons. The number of esters is 1. The number of nitrogens with zero attached hydrogens (tertiary/aromatic N) is 4. The highest BCUT2D eigenvalue weighted by molar-refractivity contribution is 5.76. The number of likely N-dealkylation sites (N-methyl/N-ethyl adjacent to an activating group) is 1. The minimum absolute atomic E-state index is 0.0651. The molecule has 1 fully saturated rings. The number of anilines is 1. The maximum absolute atomic E-state index is 13.6. The summed E-state index contributed by atoms with van der Waals surface area (Å²) in [6, 6.07) is 15.3. The Morgan fingerprint density at radius 2 is 1.94 bits per heavy atom. The van der Waals surface area contributed by atoms with Crippen molar-refractivity contribution in [3.63, 3.8) is 0 Å². The number of fused-ring (bicyclic) bond motifs is 4. The van der Waals surface area contributed by atoms with Gasteiger partial charge in [-0.25, -0.2) is 4.98 Å². The quantitative estimate of drug-likeness (QED) is 0.607. The zero-order valence-corrected chi connectivity index (χ0v) is 17.8. The van der Waals surface area contributed by atoms with Crippen LogP contribution in [0.25, 0.3) is 5.65 Å². The van der Waals surface area contributed by atoms with Gasteiger partial charge in [-0.1, -0.05) is 36.4 Å². The summed E-state index contributed by atoms with van der Waals surface area (Å²) in [6.45, 7) is 3.58. The highest BCUT2D eigenvalue weighted by Crippen LogP contribution is 2.46. The fourth-order valence-corrected chi connectivity index (χ4v) is 5.13. The molecule has 0 radical (unpaired) electrons. The highest BCUT2D eigenvalue weighted by atomic mass is 16.5. The van der Waals surface area contributed by atoms with E-state index in [1.807, 2.05) is 55.3 Å². The number of rotatable bonds is 4. The van der Waals surface area contributed by atoms with Crippen LogP contribution in [0.15, 0.2) is 59.5 Å². The summed E-state index contributed by atoms with van der Waals surface area (Å²) >= 11 is 0. The Morgan fingerprint density at radius 3 is 2.71 bits per heavy atom. The molecule has 0 N–H and O–H groups in total. The largest absolute Gasteiger partial charge is 0.465 e. The van der Waals surface area contributed by atoms with Gasteiger partial charge in [-0.2, -0.15) is 0 Å². The van der Waals surface area contributed by atoms with Crippen LogP contribution in [0.3, 0.4) is 0 Å². The molecule has 0 amide bonds. The van der Waals surface area contributed by atoms with Crippen LogP contribution >= 0.6 is 0 Å². The molecular formula is C24H26N4O3. The molecule has 31 heavy (non-hydrogen) atoms. The van der Waals surface area contributed by atoms with Crippen LogP contribution in [0.5, 0.6) is 0 Å². The molecule has 2 aliphatic heterocycles. The van der Waals surface area contributed by atoms with Gasteiger partial charge in [0, 0.05) is 25.3 Å². The summed E-state index contributed by atoms with van der Waals surface area (Å²) in [4.78, 5) is 35.3. The van der Waals surface area contributed by atoms with Gasteiger partial charge < -0.3 is 9.64 Å². The molecule has 4 heterocycles. The van der Waals surface area contributed by atoms with Gasteiger partial charge in [0.25, 0.3) is 5.56 Å². The van der Waals surface area contributed by atoms with E-state index in [2.05, 4.69) is 17.0 Å². The van der Waals surface area contributed by atoms with E-state index in [9.17, 15) is 9.59 Å². The summed E-state index contributed by atoms with van der Waals surface area (Å²) in [5, 5.41) is 0. The average molecular weight is 418 g/mol. The number of hydrogen-bond donors (Lipinski definition) is 0. The lowest BCUT2D eigenvalue weighted by Crippen LogP contribution is -2.44. The number of aromatic nitrogens is 2. The van der Waals surface area contributed by atoms with E-state index in [4.69, 9.17) is 9.72 Å². The van der Waals surface area contributed by atoms with Gasteiger partial charge in [0.05, 0.1) is 12.2 Å². The second kappa shape index (κ2) is 7.81. The van der Waals surface area contributed by atoms with E-state index in [-0.39, 0.29) is 29.5 Å². The first-order valence-electron chi connectivity index (χ1n) is 10.8. The van der Waals surface area contributed by atoms with Crippen molar-refractivity contribution in [2.45, 2.75) is 32.0 Å². The van der Waals surface area contributed by atoms with Crippen LogP contribution in [-0.2, 0) is 16.1 Å². The van der Waals surface area contributed by atoms with Crippen molar-refractivity contribution in [2.24, 2.45) is 5.92 Å². The van der Waals surface area contributed by atoms with Gasteiger partial charge in [0.2, 0.25) is 0 Å². The topological polar surface area (TPSA) is 67.2 Å². The Labute approximate surface area is 180 Å². The first-order valence-corrected chi connectivity index (χ1v) is 10.8. The second-order valence-electron chi connectivity index (χ2n) is 8.32. The zero-order valence-electron chi connectivity index (χ0n) is 17.8. The zero-order chi connectivity index (χ0) is 21.5. The van der Waals surface area contributed by atoms with Gasteiger partial charge in [-0.15, -0.1) is 0 Å². The minimum atomic E-state index is -0.352. The molecule has 7 nitrogen and oxygen atoms in total. The van der Waals surface area contributed by atoms with E-state index < -0.39 is 0 Å². The number of hydrogen-bond acceptors (Lipinski definition) is 6. The Balaban J connectivity index is 1.63. The summed E-state index contributed by atoms with van der Waals surface area (Å²) < 4.78 is 6.92. The molecule has 2 aliphatic rings. The molecule has 5 rings (SSSR count). The Bertz CT molecular complexity index is 1180. The summed E-state index contributed by atoms with van der Waals surface area (Å²) in [5.41, 5.74) is 2.40. The normalized spacial score (nSPS) is 22.9. The summed E-state index contributed by atoms with van der Waals surface area (Å²) in [6.07, 6.45) is 2.43. The molecule has 0 spiro atoms. The van der Waals surface area contributed by atoms with Gasteiger partial charge in [0.15, 0.2) is 0 Å². The highest BCUT2D eigenvalue weighted by Gasteiger charge is 2.49. The third-order valence-corrected chi connectivity index (χ3v) is 6.48. The molecular weight excluding hydrogens is 392 g/mol. The maximum Gasteiger partial charge on any atom is 0.323 e. The van der Waals surface area contributed by atoms with Crippen molar-refractivity contribution in [1.29, 1.82) is 0 Å². The lowest BCUT2D eigenvalue weighted by Gasteiger charge is -2.38. The van der Waals surface area contributed by atoms with E-state index >= 15 is 0 Å². The predicted molar refractivity (Wildman–Crippen MR) is 118 cm³/mol. The molecule has 0 saturated carbocycles. The number of benzene rings is 1. The fraction of sp³-hybridized carbons (Fsp3) is 0.375. The molecule has 0 aliphatic carbocycles. The summed E-state index contributed by atoms with van der Waals surface area (Å²) in [7, 11) is 1.92. The molecule has 2 aromatic heterocycles. The van der Waals surface area contributed by atoms with Gasteiger partial charge in [-0.05, 0) is 44.0 Å². The van der Waals surface area contributed by atoms with Gasteiger partial charge >= 0.3 is 5.97 Å². The van der Waals surface area contributed by atoms with Crippen molar-refractivity contribution in [3.8, 4) is 0 Å². The van der Waals surface area contributed by atoms with E-state index in [1.165, 1.54) is 0 Å². The number of pyridine rings is 1. The fourth-order valence-electron chi connectivity index (χ4n) is 5.13. The van der Waals surface area contributed by atoms with Crippen LogP contribution < -0.4 is 10.5 Å². The lowest BCUT2D eigenvalue weighted by atomic mass is 9.89. The second-order valence-corrected chi connectivity index (χ2v) is 8.32. The maximum atomic E-state index is 13.6.